The van der Waals surface area contributed by atoms with E-state index in [9.17, 15) is 19.8 Å². The Morgan fingerprint density at radius 2 is 0.681 bits per heavy atom. The molecular formula is C63H123NO5. The van der Waals surface area contributed by atoms with Crippen molar-refractivity contribution in [3.8, 4) is 0 Å². The molecule has 0 aliphatic rings. The number of hydrogen-bond donors (Lipinski definition) is 3. The third-order valence-electron chi connectivity index (χ3n) is 14.8. The largest absolute Gasteiger partial charge is 0.466 e. The molecule has 0 heterocycles. The van der Waals surface area contributed by atoms with Crippen LogP contribution in [0.2, 0.25) is 0 Å². The van der Waals surface area contributed by atoms with Crippen molar-refractivity contribution < 1.29 is 24.5 Å². The molecule has 0 rings (SSSR count). The molecule has 0 saturated heterocycles. The fourth-order valence-electron chi connectivity index (χ4n) is 9.99. The Labute approximate surface area is 431 Å². The van der Waals surface area contributed by atoms with Crippen LogP contribution < -0.4 is 5.32 Å². The van der Waals surface area contributed by atoms with Crippen LogP contribution in [0.15, 0.2) is 12.2 Å². The summed E-state index contributed by atoms with van der Waals surface area (Å²) in [6.07, 6.45) is 70.7. The average molecular weight is 975 g/mol. The first kappa shape index (κ1) is 67.6. The Bertz CT molecular complexity index is 1030. The number of allylic oxidation sites excluding steroid dienone is 2. The lowest BCUT2D eigenvalue weighted by Gasteiger charge is -2.22. The molecule has 6 nitrogen and oxygen atoms in total. The molecule has 0 aromatic heterocycles. The van der Waals surface area contributed by atoms with E-state index in [-0.39, 0.29) is 18.5 Å². The highest BCUT2D eigenvalue weighted by atomic mass is 16.5. The summed E-state index contributed by atoms with van der Waals surface area (Å²) in [7, 11) is 0. The van der Waals surface area contributed by atoms with Crippen molar-refractivity contribution in [2.75, 3.05) is 13.2 Å². The van der Waals surface area contributed by atoms with Gasteiger partial charge in [-0.3, -0.25) is 9.59 Å². The predicted octanol–water partition coefficient (Wildman–Crippen LogP) is 19.6. The van der Waals surface area contributed by atoms with Crippen LogP contribution in [0, 0.1) is 0 Å². The van der Waals surface area contributed by atoms with Gasteiger partial charge in [-0.25, -0.2) is 0 Å². The first-order valence-corrected chi connectivity index (χ1v) is 31.4. The van der Waals surface area contributed by atoms with Gasteiger partial charge in [0.2, 0.25) is 5.91 Å². The van der Waals surface area contributed by atoms with Crippen LogP contribution >= 0.6 is 0 Å². The van der Waals surface area contributed by atoms with Gasteiger partial charge in [0.05, 0.1) is 25.4 Å². The molecule has 0 aliphatic heterocycles. The standard InChI is InChI=1S/C63H123NO5/c1-3-5-7-9-11-13-15-17-18-19-20-21-22-25-28-32-35-39-43-47-51-55-61(66)60(59-65)64-62(67)56-52-48-44-40-36-33-29-26-23-24-27-30-34-38-42-46-50-54-58-69-63(68)57-53-49-45-41-37-31-16-14-12-10-8-6-4-2/h14,16,60-61,65-66H,3-13,15,17-59H2,1-2H3,(H,64,67)/b16-14-. The molecule has 0 fully saturated rings. The van der Waals surface area contributed by atoms with Crippen LogP contribution in [-0.4, -0.2) is 47.4 Å². The maximum Gasteiger partial charge on any atom is 0.305 e. The number of carbonyl (C=O) groups is 2. The topological polar surface area (TPSA) is 95.9 Å². The van der Waals surface area contributed by atoms with Crippen LogP contribution in [0.1, 0.15) is 354 Å². The summed E-state index contributed by atoms with van der Waals surface area (Å²) in [6.45, 7) is 4.96. The molecule has 0 aliphatic carbocycles. The molecule has 2 atom stereocenters. The maximum absolute atomic E-state index is 12.5. The number of aliphatic hydroxyl groups is 2. The van der Waals surface area contributed by atoms with Gasteiger partial charge in [-0.1, -0.05) is 302 Å². The van der Waals surface area contributed by atoms with E-state index < -0.39 is 12.1 Å². The lowest BCUT2D eigenvalue weighted by molar-refractivity contribution is -0.143. The van der Waals surface area contributed by atoms with Crippen molar-refractivity contribution in [2.45, 2.75) is 366 Å². The van der Waals surface area contributed by atoms with Crippen molar-refractivity contribution >= 4 is 11.9 Å². The van der Waals surface area contributed by atoms with E-state index >= 15 is 0 Å². The van der Waals surface area contributed by atoms with Crippen LogP contribution in [-0.2, 0) is 14.3 Å². The summed E-state index contributed by atoms with van der Waals surface area (Å²) >= 11 is 0. The van der Waals surface area contributed by atoms with Crippen molar-refractivity contribution in [3.05, 3.63) is 12.2 Å². The summed E-state index contributed by atoms with van der Waals surface area (Å²) in [5.74, 6) is -0.0361. The van der Waals surface area contributed by atoms with Crippen molar-refractivity contribution in [1.29, 1.82) is 0 Å². The van der Waals surface area contributed by atoms with E-state index in [2.05, 4.69) is 31.3 Å². The Hall–Kier alpha value is -1.40. The normalized spacial score (nSPS) is 12.6. The number of amides is 1. The Morgan fingerprint density at radius 1 is 0.391 bits per heavy atom. The number of aliphatic hydroxyl groups excluding tert-OH is 2. The van der Waals surface area contributed by atoms with Gasteiger partial charge in [0.1, 0.15) is 0 Å². The molecule has 2 unspecified atom stereocenters. The number of carbonyl (C=O) groups excluding carboxylic acids is 2. The van der Waals surface area contributed by atoms with Gasteiger partial charge < -0.3 is 20.3 Å². The molecular weight excluding hydrogens is 851 g/mol. The summed E-state index contributed by atoms with van der Waals surface area (Å²) in [5.41, 5.74) is 0. The number of ether oxygens (including phenoxy) is 1. The molecule has 3 N–H and O–H groups in total. The highest BCUT2D eigenvalue weighted by molar-refractivity contribution is 5.76. The molecule has 0 saturated carbocycles. The van der Waals surface area contributed by atoms with E-state index in [0.29, 0.717) is 25.9 Å². The van der Waals surface area contributed by atoms with E-state index in [4.69, 9.17) is 4.74 Å². The summed E-state index contributed by atoms with van der Waals surface area (Å²) in [4.78, 5) is 24.6. The van der Waals surface area contributed by atoms with Crippen molar-refractivity contribution in [1.82, 2.24) is 5.32 Å². The third kappa shape index (κ3) is 55.8. The van der Waals surface area contributed by atoms with Crippen molar-refractivity contribution in [2.24, 2.45) is 0 Å². The summed E-state index contributed by atoms with van der Waals surface area (Å²) in [5, 5.41) is 23.4. The first-order valence-electron chi connectivity index (χ1n) is 31.4. The number of rotatable bonds is 59. The number of esters is 1. The quantitative estimate of drug-likeness (QED) is 0.0321. The first-order chi connectivity index (χ1) is 34.0. The van der Waals surface area contributed by atoms with E-state index in [0.717, 1.165) is 44.9 Å². The van der Waals surface area contributed by atoms with Crippen LogP contribution in [0.3, 0.4) is 0 Å². The smallest absolute Gasteiger partial charge is 0.305 e. The fourth-order valence-corrected chi connectivity index (χ4v) is 9.99. The average Bonchev–Trinajstić information content (AvgIpc) is 3.35. The van der Waals surface area contributed by atoms with E-state index in [1.807, 2.05) is 0 Å². The van der Waals surface area contributed by atoms with Crippen LogP contribution in [0.25, 0.3) is 0 Å². The second-order valence-corrected chi connectivity index (χ2v) is 21.7. The molecule has 0 radical (unpaired) electrons. The fraction of sp³-hybridized carbons (Fsp3) is 0.937. The molecule has 0 aromatic carbocycles. The summed E-state index contributed by atoms with van der Waals surface area (Å²) in [6, 6.07) is -0.545. The lowest BCUT2D eigenvalue weighted by Crippen LogP contribution is -2.45. The molecule has 1 amide bonds. The minimum atomic E-state index is -0.667. The number of nitrogens with one attached hydrogen (secondary N) is 1. The van der Waals surface area contributed by atoms with Gasteiger partial charge >= 0.3 is 5.97 Å². The highest BCUT2D eigenvalue weighted by Gasteiger charge is 2.20. The monoisotopic (exact) mass is 974 g/mol. The number of hydrogen-bond acceptors (Lipinski definition) is 5. The molecule has 69 heavy (non-hydrogen) atoms. The predicted molar refractivity (Wildman–Crippen MR) is 301 cm³/mol. The van der Waals surface area contributed by atoms with E-state index in [1.165, 1.54) is 276 Å². The molecule has 6 heteroatoms. The lowest BCUT2D eigenvalue weighted by atomic mass is 10.0. The minimum absolute atomic E-state index is 0.000927. The third-order valence-corrected chi connectivity index (χ3v) is 14.8. The van der Waals surface area contributed by atoms with Gasteiger partial charge in [-0.05, 0) is 51.4 Å². The van der Waals surface area contributed by atoms with E-state index in [1.54, 1.807) is 0 Å². The van der Waals surface area contributed by atoms with Gasteiger partial charge in [0.15, 0.2) is 0 Å². The van der Waals surface area contributed by atoms with Gasteiger partial charge in [0, 0.05) is 12.8 Å². The molecule has 0 spiro atoms. The van der Waals surface area contributed by atoms with Gasteiger partial charge in [-0.15, -0.1) is 0 Å². The molecule has 0 aromatic rings. The SMILES string of the molecule is CCCCCC/C=C\CCCCCCCC(=O)OCCCCCCCCCCCCCCCCCCCCC(=O)NC(CO)C(O)CCCCCCCCCCCCCCCCCCCCCCC. The second kappa shape index (κ2) is 59.2. The molecule has 0 bridgehead atoms. The summed E-state index contributed by atoms with van der Waals surface area (Å²) < 4.78 is 5.47. The Morgan fingerprint density at radius 3 is 1.04 bits per heavy atom. The van der Waals surface area contributed by atoms with Crippen LogP contribution in [0.5, 0.6) is 0 Å². The Balaban J connectivity index is 3.41. The highest BCUT2D eigenvalue weighted by Crippen LogP contribution is 2.18. The maximum atomic E-state index is 12.5. The Kier molecular flexibility index (Phi) is 58.0. The van der Waals surface area contributed by atoms with Gasteiger partial charge in [-0.2, -0.15) is 0 Å². The zero-order valence-electron chi connectivity index (χ0n) is 46.8. The molecule has 410 valence electrons. The number of unbranched alkanes of at least 4 members (excludes halogenated alkanes) is 46. The van der Waals surface area contributed by atoms with Crippen LogP contribution in [0.4, 0.5) is 0 Å². The van der Waals surface area contributed by atoms with Crippen molar-refractivity contribution in [3.63, 3.8) is 0 Å². The minimum Gasteiger partial charge on any atom is -0.466 e. The second-order valence-electron chi connectivity index (χ2n) is 21.7. The zero-order valence-corrected chi connectivity index (χ0v) is 46.8. The zero-order chi connectivity index (χ0) is 50.0. The van der Waals surface area contributed by atoms with Gasteiger partial charge in [0.25, 0.3) is 0 Å².